The summed E-state index contributed by atoms with van der Waals surface area (Å²) in [5, 5.41) is 1.17. The van der Waals surface area contributed by atoms with Crippen LogP contribution >= 0.6 is 11.3 Å². The minimum absolute atomic E-state index is 0.108. The Bertz CT molecular complexity index is 764. The number of aromatic nitrogens is 2. The Hall–Kier alpha value is -2.69. The Morgan fingerprint density at radius 1 is 1.28 bits per heavy atom. The van der Waals surface area contributed by atoms with Gasteiger partial charge < -0.3 is 4.90 Å². The number of hydrogen-bond donors (Lipinski definition) is 1. The summed E-state index contributed by atoms with van der Waals surface area (Å²) >= 11 is 1.15. The first-order valence-corrected chi connectivity index (χ1v) is 8.00. The van der Waals surface area contributed by atoms with Crippen molar-refractivity contribution in [1.29, 1.82) is 0 Å². The van der Waals surface area contributed by atoms with Crippen LogP contribution in [0, 0.1) is 0 Å². The molecule has 0 aromatic carbocycles. The molecule has 0 atom stereocenters. The molecule has 3 heterocycles. The van der Waals surface area contributed by atoms with Gasteiger partial charge in [-0.1, -0.05) is 6.07 Å². The summed E-state index contributed by atoms with van der Waals surface area (Å²) in [7, 11) is 0. The van der Waals surface area contributed by atoms with Crippen LogP contribution in [-0.2, 0) is 12.7 Å². The van der Waals surface area contributed by atoms with Crippen LogP contribution < -0.4 is 5.43 Å². The number of nitrogens with zero attached hydrogens (tertiary/aromatic N) is 4. The minimum atomic E-state index is -4.50. The van der Waals surface area contributed by atoms with Gasteiger partial charge in [-0.25, -0.2) is 9.80 Å². The number of urea groups is 1. The molecule has 2 aromatic heterocycles. The third-order valence-electron chi connectivity index (χ3n) is 3.48. The Morgan fingerprint density at radius 3 is 2.68 bits per heavy atom. The Morgan fingerprint density at radius 2 is 2.08 bits per heavy atom. The molecule has 0 spiro atoms. The number of thiazole rings is 1. The highest BCUT2D eigenvalue weighted by atomic mass is 32.1. The average Bonchev–Trinajstić information content (AvgIpc) is 3.20. The largest absolute Gasteiger partial charge is 0.433 e. The van der Waals surface area contributed by atoms with E-state index >= 15 is 0 Å². The van der Waals surface area contributed by atoms with E-state index in [1.165, 1.54) is 27.7 Å². The van der Waals surface area contributed by atoms with Gasteiger partial charge in [0.05, 0.1) is 18.3 Å². The Labute approximate surface area is 144 Å². The monoisotopic (exact) mass is 371 g/mol. The van der Waals surface area contributed by atoms with E-state index < -0.39 is 23.8 Å². The van der Waals surface area contributed by atoms with Crippen LogP contribution in [-0.4, -0.2) is 44.9 Å². The molecule has 0 aliphatic carbocycles. The minimum Gasteiger partial charge on any atom is -0.317 e. The second kappa shape index (κ2) is 6.67. The molecule has 1 saturated heterocycles. The van der Waals surface area contributed by atoms with E-state index in [1.807, 2.05) is 0 Å². The Kier molecular flexibility index (Phi) is 4.57. The number of halogens is 3. The van der Waals surface area contributed by atoms with Gasteiger partial charge in [0.25, 0.3) is 5.91 Å². The lowest BCUT2D eigenvalue weighted by Gasteiger charge is -2.19. The van der Waals surface area contributed by atoms with E-state index in [0.29, 0.717) is 17.0 Å². The van der Waals surface area contributed by atoms with E-state index in [1.54, 1.807) is 0 Å². The molecule has 1 aliphatic heterocycles. The van der Waals surface area contributed by atoms with Crippen LogP contribution in [0.15, 0.2) is 30.0 Å². The summed E-state index contributed by atoms with van der Waals surface area (Å²) in [4.78, 5) is 33.1. The summed E-state index contributed by atoms with van der Waals surface area (Å²) < 4.78 is 37.5. The summed E-state index contributed by atoms with van der Waals surface area (Å²) in [6.07, 6.45) is -2.01. The maximum Gasteiger partial charge on any atom is 0.433 e. The zero-order chi connectivity index (χ0) is 18.0. The van der Waals surface area contributed by atoms with Gasteiger partial charge in [-0.15, -0.1) is 11.3 Å². The predicted octanol–water partition coefficient (Wildman–Crippen LogP) is 2.14. The van der Waals surface area contributed by atoms with Gasteiger partial charge in [-0.2, -0.15) is 13.2 Å². The van der Waals surface area contributed by atoms with Crippen molar-refractivity contribution in [1.82, 2.24) is 25.3 Å². The highest BCUT2D eigenvalue weighted by Gasteiger charge is 2.33. The molecule has 1 fully saturated rings. The van der Waals surface area contributed by atoms with Crippen LogP contribution in [0.5, 0.6) is 0 Å². The maximum atomic E-state index is 12.5. The summed E-state index contributed by atoms with van der Waals surface area (Å²) in [5.74, 6) is -0.436. The van der Waals surface area contributed by atoms with Crippen LogP contribution in [0.3, 0.4) is 0 Å². The molecule has 3 amide bonds. The zero-order valence-electron chi connectivity index (χ0n) is 12.7. The molecule has 7 nitrogen and oxygen atoms in total. The van der Waals surface area contributed by atoms with Crippen molar-refractivity contribution in [2.75, 3.05) is 13.1 Å². The number of nitrogens with one attached hydrogen (secondary N) is 1. The van der Waals surface area contributed by atoms with Crippen LogP contribution in [0.25, 0.3) is 0 Å². The molecule has 0 radical (unpaired) electrons. The molecule has 0 saturated carbocycles. The third-order valence-corrected chi connectivity index (χ3v) is 4.25. The molecule has 132 valence electrons. The molecule has 0 bridgehead atoms. The first-order valence-electron chi connectivity index (χ1n) is 7.12. The fraction of sp³-hybridized carbons (Fsp3) is 0.286. The zero-order valence-corrected chi connectivity index (χ0v) is 13.5. The van der Waals surface area contributed by atoms with Crippen LogP contribution in [0.2, 0.25) is 0 Å². The standard InChI is InChI=1S/C14H12F3N5O2S/c15-14(16,17)11-2-1-9(5-19-11)7-21-3-4-22(13(21)24)20-12(23)10-6-18-8-25-10/h1-2,5-6,8H,3-4,7H2,(H,20,23). The van der Waals surface area contributed by atoms with Crippen molar-refractivity contribution in [2.24, 2.45) is 0 Å². The quantitative estimate of drug-likeness (QED) is 0.893. The molecule has 25 heavy (non-hydrogen) atoms. The van der Waals surface area contributed by atoms with Gasteiger partial charge >= 0.3 is 12.2 Å². The highest BCUT2D eigenvalue weighted by molar-refractivity contribution is 7.11. The van der Waals surface area contributed by atoms with Crippen molar-refractivity contribution in [3.05, 3.63) is 46.2 Å². The number of amides is 3. The molecule has 1 aliphatic rings. The normalized spacial score (nSPS) is 14.9. The first-order chi connectivity index (χ1) is 11.8. The topological polar surface area (TPSA) is 78.4 Å². The van der Waals surface area contributed by atoms with Gasteiger partial charge in [-0.3, -0.25) is 20.2 Å². The summed E-state index contributed by atoms with van der Waals surface area (Å²) in [5.41, 5.74) is 3.48. The maximum absolute atomic E-state index is 12.5. The molecule has 11 heteroatoms. The van der Waals surface area contributed by atoms with E-state index in [9.17, 15) is 22.8 Å². The SMILES string of the molecule is O=C(NN1CCN(Cc2ccc(C(F)(F)F)nc2)C1=O)c1cncs1. The molecule has 2 aromatic rings. The van der Waals surface area contributed by atoms with Crippen molar-refractivity contribution >= 4 is 23.3 Å². The summed E-state index contributed by atoms with van der Waals surface area (Å²) in [6.45, 7) is 0.719. The van der Waals surface area contributed by atoms with Gasteiger partial charge in [0.15, 0.2) is 0 Å². The fourth-order valence-electron chi connectivity index (χ4n) is 2.24. The van der Waals surface area contributed by atoms with Crippen molar-refractivity contribution in [3.63, 3.8) is 0 Å². The molecule has 0 unspecified atom stereocenters. The second-order valence-electron chi connectivity index (χ2n) is 5.21. The number of carbonyl (C=O) groups is 2. The van der Waals surface area contributed by atoms with Gasteiger partial charge in [0.1, 0.15) is 10.6 Å². The average molecular weight is 371 g/mol. The number of carbonyl (C=O) groups excluding carboxylic acids is 2. The van der Waals surface area contributed by atoms with Gasteiger partial charge in [0, 0.05) is 19.3 Å². The molecular weight excluding hydrogens is 359 g/mol. The molecule has 1 N–H and O–H groups in total. The number of hydrogen-bond acceptors (Lipinski definition) is 5. The smallest absolute Gasteiger partial charge is 0.317 e. The van der Waals surface area contributed by atoms with E-state index in [-0.39, 0.29) is 13.1 Å². The highest BCUT2D eigenvalue weighted by Crippen LogP contribution is 2.27. The molecule has 3 rings (SSSR count). The summed E-state index contributed by atoms with van der Waals surface area (Å²) in [6, 6.07) is 1.72. The van der Waals surface area contributed by atoms with Crippen molar-refractivity contribution in [2.45, 2.75) is 12.7 Å². The lowest BCUT2D eigenvalue weighted by atomic mass is 10.2. The number of hydrazine groups is 1. The number of alkyl halides is 3. The van der Waals surface area contributed by atoms with Crippen LogP contribution in [0.4, 0.5) is 18.0 Å². The fourth-order valence-corrected chi connectivity index (χ4v) is 2.75. The second-order valence-corrected chi connectivity index (χ2v) is 6.10. The molecular formula is C14H12F3N5O2S. The third kappa shape index (κ3) is 3.87. The van der Waals surface area contributed by atoms with Crippen molar-refractivity contribution in [3.8, 4) is 0 Å². The van der Waals surface area contributed by atoms with E-state index in [2.05, 4.69) is 15.4 Å². The van der Waals surface area contributed by atoms with E-state index in [0.717, 1.165) is 23.6 Å². The van der Waals surface area contributed by atoms with Gasteiger partial charge in [0.2, 0.25) is 0 Å². The lowest BCUT2D eigenvalue weighted by molar-refractivity contribution is -0.141. The number of pyridine rings is 1. The predicted molar refractivity (Wildman–Crippen MR) is 81.3 cm³/mol. The lowest BCUT2D eigenvalue weighted by Crippen LogP contribution is -2.44. The number of rotatable bonds is 4. The van der Waals surface area contributed by atoms with Gasteiger partial charge in [-0.05, 0) is 11.6 Å². The van der Waals surface area contributed by atoms with E-state index in [4.69, 9.17) is 0 Å². The van der Waals surface area contributed by atoms with Crippen molar-refractivity contribution < 1.29 is 22.8 Å². The first kappa shape index (κ1) is 17.1. The Balaban J connectivity index is 1.59. The van der Waals surface area contributed by atoms with Crippen LogP contribution in [0.1, 0.15) is 20.9 Å².